The van der Waals surface area contributed by atoms with E-state index < -0.39 is 18.0 Å². The van der Waals surface area contributed by atoms with Crippen LogP contribution < -0.4 is 5.32 Å². The van der Waals surface area contributed by atoms with Gasteiger partial charge < -0.3 is 15.5 Å². The van der Waals surface area contributed by atoms with Gasteiger partial charge in [-0.2, -0.15) is 0 Å². The molecule has 0 aliphatic carbocycles. The van der Waals surface area contributed by atoms with Crippen LogP contribution in [0, 0.1) is 5.92 Å². The van der Waals surface area contributed by atoms with E-state index in [1.807, 2.05) is 0 Å². The van der Waals surface area contributed by atoms with E-state index in [0.29, 0.717) is 6.42 Å². The summed E-state index contributed by atoms with van der Waals surface area (Å²) in [6, 6.07) is -1.12. The first-order valence-electron chi connectivity index (χ1n) is 11.6. The van der Waals surface area contributed by atoms with E-state index >= 15 is 0 Å². The normalized spacial score (nSPS) is 12.1. The van der Waals surface area contributed by atoms with E-state index in [2.05, 4.69) is 19.2 Å². The van der Waals surface area contributed by atoms with Crippen LogP contribution in [0.2, 0.25) is 0 Å². The average Bonchev–Trinajstić information content (AvgIpc) is 2.64. The van der Waals surface area contributed by atoms with Crippen molar-refractivity contribution in [3.05, 3.63) is 0 Å². The Kier molecular flexibility index (Phi) is 17.4. The minimum absolute atomic E-state index is 0.0889. The zero-order valence-electron chi connectivity index (χ0n) is 18.6. The van der Waals surface area contributed by atoms with Gasteiger partial charge in [-0.25, -0.2) is 4.79 Å². The van der Waals surface area contributed by atoms with Crippen molar-refractivity contribution in [1.29, 1.82) is 0 Å². The first-order chi connectivity index (χ1) is 13.8. The van der Waals surface area contributed by atoms with Crippen molar-refractivity contribution in [3.63, 3.8) is 0 Å². The summed E-state index contributed by atoms with van der Waals surface area (Å²) in [5.41, 5.74) is 0. The summed E-state index contributed by atoms with van der Waals surface area (Å²) in [6.07, 6.45) is 16.0. The molecular formula is C23H43NO5. The van der Waals surface area contributed by atoms with Crippen molar-refractivity contribution >= 4 is 17.8 Å². The summed E-state index contributed by atoms with van der Waals surface area (Å²) < 4.78 is 0. The lowest BCUT2D eigenvalue weighted by Crippen LogP contribution is -2.41. The molecule has 3 N–H and O–H groups in total. The highest BCUT2D eigenvalue weighted by Crippen LogP contribution is 2.14. The number of carboxylic acids is 2. The molecule has 0 bridgehead atoms. The molecule has 1 amide bonds. The van der Waals surface area contributed by atoms with Gasteiger partial charge >= 0.3 is 11.9 Å². The van der Waals surface area contributed by atoms with Gasteiger partial charge in [-0.3, -0.25) is 9.59 Å². The quantitative estimate of drug-likeness (QED) is 0.227. The number of hydrogen-bond donors (Lipinski definition) is 3. The molecule has 0 fully saturated rings. The third-order valence-electron chi connectivity index (χ3n) is 5.22. The van der Waals surface area contributed by atoms with E-state index in [-0.39, 0.29) is 18.7 Å². The minimum atomic E-state index is -1.19. The summed E-state index contributed by atoms with van der Waals surface area (Å²) in [7, 11) is 0. The number of unbranched alkanes of at least 4 members (excludes halogenated alkanes) is 11. The molecule has 29 heavy (non-hydrogen) atoms. The Morgan fingerprint density at radius 1 is 0.655 bits per heavy atom. The minimum Gasteiger partial charge on any atom is -0.481 e. The molecule has 0 aromatic heterocycles. The van der Waals surface area contributed by atoms with Crippen LogP contribution in [0.1, 0.15) is 117 Å². The number of carbonyl (C=O) groups is 3. The first kappa shape index (κ1) is 27.4. The van der Waals surface area contributed by atoms with Gasteiger partial charge in [0.2, 0.25) is 5.91 Å². The van der Waals surface area contributed by atoms with Crippen LogP contribution in [0.4, 0.5) is 0 Å². The summed E-state index contributed by atoms with van der Waals surface area (Å²) in [5, 5.41) is 20.1. The number of hydrogen-bond acceptors (Lipinski definition) is 3. The van der Waals surface area contributed by atoms with Crippen molar-refractivity contribution in [1.82, 2.24) is 5.32 Å². The van der Waals surface area contributed by atoms with Crippen molar-refractivity contribution < 1.29 is 24.6 Å². The highest BCUT2D eigenvalue weighted by molar-refractivity contribution is 5.83. The Hall–Kier alpha value is -1.59. The van der Waals surface area contributed by atoms with Crippen LogP contribution >= 0.6 is 0 Å². The van der Waals surface area contributed by atoms with Crippen molar-refractivity contribution in [2.75, 3.05) is 0 Å². The fourth-order valence-corrected chi connectivity index (χ4v) is 3.40. The first-order valence-corrected chi connectivity index (χ1v) is 11.6. The van der Waals surface area contributed by atoms with E-state index in [4.69, 9.17) is 10.2 Å². The Labute approximate surface area is 176 Å². The number of carboxylic acid groups (broad SMARTS) is 2. The summed E-state index contributed by atoms with van der Waals surface area (Å²) in [5.74, 6) is -1.73. The topological polar surface area (TPSA) is 104 Å². The Morgan fingerprint density at radius 2 is 1.10 bits per heavy atom. The van der Waals surface area contributed by atoms with Crippen LogP contribution in [0.15, 0.2) is 0 Å². The van der Waals surface area contributed by atoms with Crippen LogP contribution in [-0.4, -0.2) is 34.1 Å². The molecule has 0 aromatic carbocycles. The molecule has 0 aliphatic rings. The molecule has 6 nitrogen and oxygen atoms in total. The lowest BCUT2D eigenvalue weighted by atomic mass is 10.0. The lowest BCUT2D eigenvalue weighted by molar-refractivity contribution is -0.143. The van der Waals surface area contributed by atoms with Gasteiger partial charge in [0, 0.05) is 12.8 Å². The molecule has 0 heterocycles. The van der Waals surface area contributed by atoms with Crippen LogP contribution in [0.5, 0.6) is 0 Å². The van der Waals surface area contributed by atoms with Crippen LogP contribution in [0.3, 0.4) is 0 Å². The van der Waals surface area contributed by atoms with E-state index in [1.165, 1.54) is 64.2 Å². The zero-order valence-corrected chi connectivity index (χ0v) is 18.6. The molecule has 0 saturated heterocycles. The van der Waals surface area contributed by atoms with Gasteiger partial charge in [0.25, 0.3) is 0 Å². The van der Waals surface area contributed by atoms with Gasteiger partial charge in [0.15, 0.2) is 0 Å². The van der Waals surface area contributed by atoms with Crippen molar-refractivity contribution in [3.8, 4) is 0 Å². The highest BCUT2D eigenvalue weighted by Gasteiger charge is 2.20. The molecular weight excluding hydrogens is 370 g/mol. The molecule has 0 radical (unpaired) electrons. The van der Waals surface area contributed by atoms with Crippen molar-refractivity contribution in [2.45, 2.75) is 123 Å². The van der Waals surface area contributed by atoms with Gasteiger partial charge in [-0.05, 0) is 18.8 Å². The third-order valence-corrected chi connectivity index (χ3v) is 5.22. The predicted molar refractivity (Wildman–Crippen MR) is 116 cm³/mol. The van der Waals surface area contributed by atoms with Crippen LogP contribution in [-0.2, 0) is 14.4 Å². The maximum atomic E-state index is 11.8. The molecule has 0 rings (SSSR count). The van der Waals surface area contributed by atoms with Gasteiger partial charge in [-0.15, -0.1) is 0 Å². The lowest BCUT2D eigenvalue weighted by Gasteiger charge is -2.13. The predicted octanol–water partition coefficient (Wildman–Crippen LogP) is 5.54. The molecule has 6 heteroatoms. The molecule has 0 aliphatic heterocycles. The largest absolute Gasteiger partial charge is 0.481 e. The average molecular weight is 414 g/mol. The van der Waals surface area contributed by atoms with Crippen molar-refractivity contribution in [2.24, 2.45) is 5.92 Å². The molecule has 170 valence electrons. The number of amides is 1. The Morgan fingerprint density at radius 3 is 1.52 bits per heavy atom. The SMILES string of the molecule is CC(C)CCCCCCCCCCCCCCC(=O)NC(CCC(=O)O)C(=O)O. The second kappa shape index (κ2) is 18.4. The standard InChI is InChI=1S/C23H43NO5/c1-19(2)15-13-11-9-7-5-3-4-6-8-10-12-14-16-21(25)24-20(23(28)29)17-18-22(26)27/h19-20H,3-18H2,1-2H3,(H,24,25)(H,26,27)(H,28,29). The number of nitrogens with one attached hydrogen (secondary N) is 1. The second-order valence-corrected chi connectivity index (χ2v) is 8.57. The second-order valence-electron chi connectivity index (χ2n) is 8.57. The molecule has 0 aromatic rings. The molecule has 1 unspecified atom stereocenters. The Balaban J connectivity index is 3.47. The summed E-state index contributed by atoms with van der Waals surface area (Å²) in [4.78, 5) is 33.4. The summed E-state index contributed by atoms with van der Waals surface area (Å²) >= 11 is 0. The molecule has 1 atom stereocenters. The highest BCUT2D eigenvalue weighted by atomic mass is 16.4. The van der Waals surface area contributed by atoms with Gasteiger partial charge in [0.1, 0.15) is 6.04 Å². The van der Waals surface area contributed by atoms with E-state index in [0.717, 1.165) is 25.2 Å². The number of rotatable bonds is 20. The molecule has 0 spiro atoms. The maximum Gasteiger partial charge on any atom is 0.326 e. The number of carbonyl (C=O) groups excluding carboxylic acids is 1. The fraction of sp³-hybridized carbons (Fsp3) is 0.870. The van der Waals surface area contributed by atoms with Gasteiger partial charge in [-0.1, -0.05) is 90.9 Å². The fourth-order valence-electron chi connectivity index (χ4n) is 3.40. The third kappa shape index (κ3) is 19.5. The van der Waals surface area contributed by atoms with Crippen LogP contribution in [0.25, 0.3) is 0 Å². The molecule has 0 saturated carbocycles. The van der Waals surface area contributed by atoms with E-state index in [9.17, 15) is 14.4 Å². The van der Waals surface area contributed by atoms with Gasteiger partial charge in [0.05, 0.1) is 0 Å². The monoisotopic (exact) mass is 413 g/mol. The zero-order chi connectivity index (χ0) is 21.9. The maximum absolute atomic E-state index is 11.8. The Bertz CT molecular complexity index is 451. The summed E-state index contributed by atoms with van der Waals surface area (Å²) in [6.45, 7) is 4.57. The number of aliphatic carboxylic acids is 2. The van der Waals surface area contributed by atoms with E-state index in [1.54, 1.807) is 0 Å². The smallest absolute Gasteiger partial charge is 0.326 e.